The molecular weight excluding hydrogens is 245 g/mol. The van der Waals surface area contributed by atoms with Crippen LogP contribution in [0.15, 0.2) is 22.6 Å². The first-order valence-electron chi connectivity index (χ1n) is 5.08. The largest absolute Gasteiger partial charge is 0.419 e. The second-order valence-corrected chi connectivity index (χ2v) is 3.99. The van der Waals surface area contributed by atoms with E-state index < -0.39 is 5.82 Å². The molecule has 2 rings (SSSR count). The summed E-state index contributed by atoms with van der Waals surface area (Å²) in [6, 6.07) is 4.23. The van der Waals surface area contributed by atoms with Crippen molar-refractivity contribution in [1.82, 2.24) is 15.5 Å². The minimum absolute atomic E-state index is 0.0314. The molecule has 0 bridgehead atoms. The van der Waals surface area contributed by atoms with Crippen LogP contribution in [0.1, 0.15) is 18.9 Å². The van der Waals surface area contributed by atoms with E-state index in [2.05, 4.69) is 15.5 Å². The highest BCUT2D eigenvalue weighted by molar-refractivity contribution is 6.31. The zero-order chi connectivity index (χ0) is 12.4. The highest BCUT2D eigenvalue weighted by Gasteiger charge is 2.14. The van der Waals surface area contributed by atoms with Gasteiger partial charge in [0.15, 0.2) is 0 Å². The number of aromatic nitrogens is 2. The molecule has 1 N–H and O–H groups in total. The Balaban J connectivity index is 2.33. The standard InChI is InChI=1S/C11H11ClFN3O/c1-6(14-2)10-15-16-11(17-10)7-3-4-9(13)8(12)5-7/h3-6,14H,1-2H3. The van der Waals surface area contributed by atoms with Crippen molar-refractivity contribution in [2.75, 3.05) is 7.05 Å². The fourth-order valence-electron chi connectivity index (χ4n) is 1.28. The molecule has 0 spiro atoms. The molecule has 4 nitrogen and oxygen atoms in total. The average molecular weight is 256 g/mol. The van der Waals surface area contributed by atoms with Gasteiger partial charge in [0, 0.05) is 5.56 Å². The van der Waals surface area contributed by atoms with Crippen LogP contribution in [0, 0.1) is 5.82 Å². The molecule has 1 aromatic carbocycles. The van der Waals surface area contributed by atoms with E-state index in [-0.39, 0.29) is 11.1 Å². The van der Waals surface area contributed by atoms with E-state index in [0.717, 1.165) is 0 Å². The van der Waals surface area contributed by atoms with Gasteiger partial charge in [-0.15, -0.1) is 10.2 Å². The molecule has 0 aliphatic heterocycles. The van der Waals surface area contributed by atoms with Gasteiger partial charge in [0.25, 0.3) is 0 Å². The van der Waals surface area contributed by atoms with Gasteiger partial charge in [-0.25, -0.2) is 4.39 Å². The monoisotopic (exact) mass is 255 g/mol. The van der Waals surface area contributed by atoms with Crippen molar-refractivity contribution in [3.8, 4) is 11.5 Å². The van der Waals surface area contributed by atoms with E-state index in [1.54, 1.807) is 13.1 Å². The maximum Gasteiger partial charge on any atom is 0.247 e. The molecule has 2 aromatic rings. The minimum atomic E-state index is -0.473. The van der Waals surface area contributed by atoms with Gasteiger partial charge in [0.2, 0.25) is 11.8 Å². The molecule has 0 radical (unpaired) electrons. The molecule has 1 atom stereocenters. The van der Waals surface area contributed by atoms with Crippen molar-refractivity contribution in [1.29, 1.82) is 0 Å². The number of rotatable bonds is 3. The summed E-state index contributed by atoms with van der Waals surface area (Å²) in [6.45, 7) is 1.90. The third-order valence-electron chi connectivity index (χ3n) is 2.41. The van der Waals surface area contributed by atoms with E-state index in [1.165, 1.54) is 12.1 Å². The van der Waals surface area contributed by atoms with Crippen LogP contribution in [0.25, 0.3) is 11.5 Å². The minimum Gasteiger partial charge on any atom is -0.419 e. The van der Waals surface area contributed by atoms with Crippen molar-refractivity contribution in [3.63, 3.8) is 0 Å². The number of hydrogen-bond acceptors (Lipinski definition) is 4. The Morgan fingerprint density at radius 2 is 2.18 bits per heavy atom. The summed E-state index contributed by atoms with van der Waals surface area (Å²) in [6.07, 6.45) is 0. The maximum absolute atomic E-state index is 13.0. The van der Waals surface area contributed by atoms with Crippen molar-refractivity contribution in [2.45, 2.75) is 13.0 Å². The van der Waals surface area contributed by atoms with E-state index in [4.69, 9.17) is 16.0 Å². The molecule has 0 saturated heterocycles. The SMILES string of the molecule is CNC(C)c1nnc(-c2ccc(F)c(Cl)c2)o1. The molecule has 0 fully saturated rings. The summed E-state index contributed by atoms with van der Waals surface area (Å²) in [4.78, 5) is 0. The van der Waals surface area contributed by atoms with Gasteiger partial charge in [-0.05, 0) is 32.2 Å². The molecule has 0 aliphatic rings. The summed E-state index contributed by atoms with van der Waals surface area (Å²) < 4.78 is 18.4. The lowest BCUT2D eigenvalue weighted by molar-refractivity contribution is 0.441. The first-order valence-corrected chi connectivity index (χ1v) is 5.45. The second kappa shape index (κ2) is 4.81. The van der Waals surface area contributed by atoms with Crippen LogP contribution in [0.3, 0.4) is 0 Å². The van der Waals surface area contributed by atoms with Gasteiger partial charge in [-0.2, -0.15) is 0 Å². The zero-order valence-corrected chi connectivity index (χ0v) is 10.1. The molecule has 1 heterocycles. The lowest BCUT2D eigenvalue weighted by atomic mass is 10.2. The van der Waals surface area contributed by atoms with Gasteiger partial charge in [0.05, 0.1) is 11.1 Å². The molecule has 17 heavy (non-hydrogen) atoms. The van der Waals surface area contributed by atoms with Gasteiger partial charge < -0.3 is 9.73 Å². The van der Waals surface area contributed by atoms with Crippen molar-refractivity contribution < 1.29 is 8.81 Å². The molecule has 6 heteroatoms. The van der Waals surface area contributed by atoms with Gasteiger partial charge >= 0.3 is 0 Å². The van der Waals surface area contributed by atoms with Crippen LogP contribution < -0.4 is 5.32 Å². The van der Waals surface area contributed by atoms with E-state index in [1.807, 2.05) is 6.92 Å². The summed E-state index contributed by atoms with van der Waals surface area (Å²) in [5.74, 6) is 0.325. The molecule has 1 aromatic heterocycles. The van der Waals surface area contributed by atoms with Crippen LogP contribution in [-0.2, 0) is 0 Å². The normalized spacial score (nSPS) is 12.7. The Morgan fingerprint density at radius 1 is 1.41 bits per heavy atom. The highest BCUT2D eigenvalue weighted by Crippen LogP contribution is 2.24. The van der Waals surface area contributed by atoms with Crippen LogP contribution in [0.4, 0.5) is 4.39 Å². The number of halogens is 2. The van der Waals surface area contributed by atoms with E-state index in [9.17, 15) is 4.39 Å². The molecular formula is C11H11ClFN3O. The Hall–Kier alpha value is -1.46. The lowest BCUT2D eigenvalue weighted by Gasteiger charge is -2.02. The lowest BCUT2D eigenvalue weighted by Crippen LogP contribution is -2.12. The van der Waals surface area contributed by atoms with E-state index in [0.29, 0.717) is 17.3 Å². The fourth-order valence-corrected chi connectivity index (χ4v) is 1.46. The van der Waals surface area contributed by atoms with Crippen molar-refractivity contribution >= 4 is 11.6 Å². The Labute approximate surface area is 103 Å². The van der Waals surface area contributed by atoms with Crippen molar-refractivity contribution in [3.05, 3.63) is 34.9 Å². The van der Waals surface area contributed by atoms with Gasteiger partial charge in [-0.1, -0.05) is 11.6 Å². The van der Waals surface area contributed by atoms with Gasteiger partial charge in [0.1, 0.15) is 5.82 Å². The summed E-state index contributed by atoms with van der Waals surface area (Å²) in [7, 11) is 1.79. The third-order valence-corrected chi connectivity index (χ3v) is 2.70. The Bertz CT molecular complexity index is 529. The maximum atomic E-state index is 13.0. The molecule has 1 unspecified atom stereocenters. The molecule has 0 saturated carbocycles. The molecule has 90 valence electrons. The molecule has 0 amide bonds. The predicted octanol–water partition coefficient (Wildman–Crippen LogP) is 2.81. The zero-order valence-electron chi connectivity index (χ0n) is 9.37. The smallest absolute Gasteiger partial charge is 0.247 e. The van der Waals surface area contributed by atoms with Crippen LogP contribution in [-0.4, -0.2) is 17.2 Å². The predicted molar refractivity (Wildman–Crippen MR) is 62.2 cm³/mol. The summed E-state index contributed by atoms with van der Waals surface area (Å²) >= 11 is 5.68. The molecule has 0 aliphatic carbocycles. The van der Waals surface area contributed by atoms with Crippen molar-refractivity contribution in [2.24, 2.45) is 0 Å². The van der Waals surface area contributed by atoms with Crippen LogP contribution in [0.5, 0.6) is 0 Å². The average Bonchev–Trinajstić information content (AvgIpc) is 2.81. The Kier molecular flexibility index (Phi) is 3.40. The Morgan fingerprint density at radius 3 is 2.82 bits per heavy atom. The number of benzene rings is 1. The van der Waals surface area contributed by atoms with Crippen LogP contribution in [0.2, 0.25) is 5.02 Å². The van der Waals surface area contributed by atoms with Gasteiger partial charge in [-0.3, -0.25) is 0 Å². The summed E-state index contributed by atoms with van der Waals surface area (Å²) in [5, 5.41) is 10.8. The van der Waals surface area contributed by atoms with Crippen LogP contribution >= 0.6 is 11.6 Å². The second-order valence-electron chi connectivity index (χ2n) is 3.58. The quantitative estimate of drug-likeness (QED) is 0.916. The first-order chi connectivity index (χ1) is 8.11. The highest BCUT2D eigenvalue weighted by atomic mass is 35.5. The summed E-state index contributed by atoms with van der Waals surface area (Å²) in [5.41, 5.74) is 0.596. The third kappa shape index (κ3) is 2.45. The van der Waals surface area contributed by atoms with E-state index >= 15 is 0 Å². The fraction of sp³-hybridized carbons (Fsp3) is 0.273. The number of hydrogen-bond donors (Lipinski definition) is 1. The number of nitrogens with one attached hydrogen (secondary N) is 1. The first kappa shape index (κ1) is 12.0. The number of nitrogens with zero attached hydrogens (tertiary/aromatic N) is 2. The topological polar surface area (TPSA) is 51.0 Å².